The second kappa shape index (κ2) is 10.2. The SMILES string of the molecule is CN1CCN(C2CCCN(c3nc(Nc4ccc(C5(C)CCNCC5)cc4)c(C(N)=O)cc3F)C2)C1=O. The number of piperidine rings is 2. The van der Waals surface area contributed by atoms with Gasteiger partial charge in [-0.25, -0.2) is 14.2 Å². The zero-order valence-corrected chi connectivity index (χ0v) is 21.6. The number of rotatable bonds is 6. The average Bonchev–Trinajstić information content (AvgIpc) is 3.23. The topological polar surface area (TPSA) is 107 Å². The fourth-order valence-electron chi connectivity index (χ4n) is 5.75. The number of amides is 3. The molecule has 0 bridgehead atoms. The summed E-state index contributed by atoms with van der Waals surface area (Å²) in [7, 11) is 1.80. The monoisotopic (exact) mass is 509 g/mol. The van der Waals surface area contributed by atoms with Gasteiger partial charge in [-0.3, -0.25) is 4.79 Å². The van der Waals surface area contributed by atoms with E-state index in [0.717, 1.165) is 50.5 Å². The van der Waals surface area contributed by atoms with E-state index >= 15 is 4.39 Å². The van der Waals surface area contributed by atoms with Crippen molar-refractivity contribution in [3.05, 3.63) is 47.3 Å². The fourth-order valence-corrected chi connectivity index (χ4v) is 5.75. The molecule has 10 heteroatoms. The molecule has 4 heterocycles. The highest BCUT2D eigenvalue weighted by atomic mass is 19.1. The van der Waals surface area contributed by atoms with Crippen LogP contribution < -0.4 is 21.3 Å². The van der Waals surface area contributed by atoms with Crippen LogP contribution in [-0.4, -0.2) is 79.1 Å². The lowest BCUT2D eigenvalue weighted by molar-refractivity contribution is 0.1000. The predicted octanol–water partition coefficient (Wildman–Crippen LogP) is 3.04. The summed E-state index contributed by atoms with van der Waals surface area (Å²) >= 11 is 0. The molecule has 3 amide bonds. The lowest BCUT2D eigenvalue weighted by atomic mass is 9.75. The molecule has 2 aromatic rings. The minimum atomic E-state index is -0.749. The Labute approximate surface area is 217 Å². The molecule has 5 rings (SSSR count). The molecule has 0 radical (unpaired) electrons. The molecule has 9 nitrogen and oxygen atoms in total. The van der Waals surface area contributed by atoms with Gasteiger partial charge < -0.3 is 31.1 Å². The van der Waals surface area contributed by atoms with Crippen LogP contribution in [0, 0.1) is 5.82 Å². The number of nitrogens with zero attached hydrogens (tertiary/aromatic N) is 4. The molecule has 198 valence electrons. The third kappa shape index (κ3) is 5.07. The number of benzene rings is 1. The van der Waals surface area contributed by atoms with E-state index < -0.39 is 11.7 Å². The molecular weight excluding hydrogens is 473 g/mol. The van der Waals surface area contributed by atoms with Gasteiger partial charge in [-0.15, -0.1) is 0 Å². The third-order valence-electron chi connectivity index (χ3n) is 8.16. The number of anilines is 3. The highest BCUT2D eigenvalue weighted by molar-refractivity contribution is 5.98. The van der Waals surface area contributed by atoms with Gasteiger partial charge in [-0.1, -0.05) is 19.1 Å². The first-order valence-corrected chi connectivity index (χ1v) is 13.1. The van der Waals surface area contributed by atoms with E-state index in [9.17, 15) is 9.59 Å². The van der Waals surface area contributed by atoms with Crippen LogP contribution in [0.3, 0.4) is 0 Å². The molecule has 0 saturated carbocycles. The van der Waals surface area contributed by atoms with Crippen molar-refractivity contribution in [3.8, 4) is 0 Å². The number of nitrogens with one attached hydrogen (secondary N) is 2. The van der Waals surface area contributed by atoms with Crippen molar-refractivity contribution in [2.75, 3.05) is 56.5 Å². The van der Waals surface area contributed by atoms with Crippen LogP contribution in [0.4, 0.5) is 26.5 Å². The molecule has 1 unspecified atom stereocenters. The van der Waals surface area contributed by atoms with Crippen molar-refractivity contribution in [2.45, 2.75) is 44.1 Å². The molecule has 37 heavy (non-hydrogen) atoms. The van der Waals surface area contributed by atoms with Gasteiger partial charge in [0.25, 0.3) is 5.91 Å². The van der Waals surface area contributed by atoms with E-state index in [-0.39, 0.29) is 34.7 Å². The molecule has 1 atom stereocenters. The van der Waals surface area contributed by atoms with Crippen LogP contribution in [0.15, 0.2) is 30.3 Å². The standard InChI is InChI=1S/C27H36FN7O2/c1-27(9-11-30-12-10-27)18-5-7-19(8-6-18)31-24-21(23(29)36)16-22(28)25(32-24)34-13-3-4-20(17-34)35-15-14-33(2)26(35)37/h5-8,16,20,30H,3-4,9-15,17H2,1-2H3,(H2,29,36)(H,31,32). The molecule has 0 spiro atoms. The van der Waals surface area contributed by atoms with Crippen LogP contribution in [-0.2, 0) is 5.41 Å². The Morgan fingerprint density at radius 3 is 2.57 bits per heavy atom. The maximum atomic E-state index is 15.2. The van der Waals surface area contributed by atoms with Gasteiger partial charge in [0.15, 0.2) is 11.6 Å². The van der Waals surface area contributed by atoms with Crippen LogP contribution in [0.2, 0.25) is 0 Å². The Morgan fingerprint density at radius 1 is 1.19 bits per heavy atom. The third-order valence-corrected chi connectivity index (χ3v) is 8.16. The van der Waals surface area contributed by atoms with Crippen molar-refractivity contribution >= 4 is 29.3 Å². The quantitative estimate of drug-likeness (QED) is 0.553. The number of carbonyl (C=O) groups excluding carboxylic acids is 2. The summed E-state index contributed by atoms with van der Waals surface area (Å²) in [6, 6.07) is 9.28. The molecule has 0 aliphatic carbocycles. The van der Waals surface area contributed by atoms with Crippen molar-refractivity contribution in [1.82, 2.24) is 20.1 Å². The summed E-state index contributed by atoms with van der Waals surface area (Å²) in [5, 5.41) is 6.60. The molecule has 1 aromatic carbocycles. The van der Waals surface area contributed by atoms with Crippen LogP contribution >= 0.6 is 0 Å². The number of likely N-dealkylation sites (N-methyl/N-ethyl adjacent to an activating group) is 1. The van der Waals surface area contributed by atoms with E-state index in [1.54, 1.807) is 11.9 Å². The van der Waals surface area contributed by atoms with Gasteiger partial charge in [-0.05, 0) is 68.0 Å². The number of pyridine rings is 1. The highest BCUT2D eigenvalue weighted by Gasteiger charge is 2.35. The van der Waals surface area contributed by atoms with Crippen molar-refractivity contribution in [1.29, 1.82) is 0 Å². The number of aromatic nitrogens is 1. The number of primary amides is 1. The van der Waals surface area contributed by atoms with E-state index in [1.165, 1.54) is 5.56 Å². The molecule has 3 fully saturated rings. The Bertz CT molecular complexity index is 1170. The van der Waals surface area contributed by atoms with E-state index in [4.69, 9.17) is 5.73 Å². The fraction of sp³-hybridized carbons (Fsp3) is 0.519. The second-order valence-corrected chi connectivity index (χ2v) is 10.7. The maximum absolute atomic E-state index is 15.2. The zero-order chi connectivity index (χ0) is 26.2. The normalized spacial score (nSPS) is 21.9. The van der Waals surface area contributed by atoms with Crippen molar-refractivity contribution in [3.63, 3.8) is 0 Å². The first-order chi connectivity index (χ1) is 17.7. The van der Waals surface area contributed by atoms with Crippen LogP contribution in [0.5, 0.6) is 0 Å². The van der Waals surface area contributed by atoms with Gasteiger partial charge in [0, 0.05) is 38.9 Å². The second-order valence-electron chi connectivity index (χ2n) is 10.7. The summed E-state index contributed by atoms with van der Waals surface area (Å²) in [5.41, 5.74) is 7.72. The first kappa shape index (κ1) is 25.3. The zero-order valence-electron chi connectivity index (χ0n) is 21.6. The van der Waals surface area contributed by atoms with Gasteiger partial charge in [0.1, 0.15) is 5.82 Å². The molecule has 3 aliphatic rings. The number of hydrogen-bond acceptors (Lipinski definition) is 6. The molecular formula is C27H36FN7O2. The molecule has 3 saturated heterocycles. The summed E-state index contributed by atoms with van der Waals surface area (Å²) in [4.78, 5) is 34.7. The summed E-state index contributed by atoms with van der Waals surface area (Å²) in [6.07, 6.45) is 3.83. The largest absolute Gasteiger partial charge is 0.365 e. The number of nitrogens with two attached hydrogens (primary N) is 1. The minimum Gasteiger partial charge on any atom is -0.365 e. The lowest BCUT2D eigenvalue weighted by Gasteiger charge is -2.38. The summed E-state index contributed by atoms with van der Waals surface area (Å²) < 4.78 is 15.2. The Hall–Kier alpha value is -3.40. The maximum Gasteiger partial charge on any atom is 0.320 e. The minimum absolute atomic E-state index is 0.000508. The molecule has 1 aromatic heterocycles. The Balaban J connectivity index is 1.38. The summed E-state index contributed by atoms with van der Waals surface area (Å²) in [5.74, 6) is -0.958. The highest BCUT2D eigenvalue weighted by Crippen LogP contribution is 2.34. The van der Waals surface area contributed by atoms with Crippen LogP contribution in [0.25, 0.3) is 0 Å². The number of halogens is 1. The predicted molar refractivity (Wildman–Crippen MR) is 142 cm³/mol. The first-order valence-electron chi connectivity index (χ1n) is 13.1. The van der Waals surface area contributed by atoms with E-state index in [1.807, 2.05) is 21.9 Å². The molecule has 4 N–H and O–H groups in total. The van der Waals surface area contributed by atoms with Crippen molar-refractivity contribution < 1.29 is 14.0 Å². The van der Waals surface area contributed by atoms with Gasteiger partial charge in [-0.2, -0.15) is 0 Å². The lowest BCUT2D eigenvalue weighted by Crippen LogP contribution is -2.49. The average molecular weight is 510 g/mol. The number of carbonyl (C=O) groups is 2. The van der Waals surface area contributed by atoms with Gasteiger partial charge in [0.2, 0.25) is 0 Å². The Kier molecular flexibility index (Phi) is 6.94. The van der Waals surface area contributed by atoms with E-state index in [0.29, 0.717) is 26.2 Å². The summed E-state index contributed by atoms with van der Waals surface area (Å²) in [6.45, 7) is 6.76. The van der Waals surface area contributed by atoms with Crippen molar-refractivity contribution in [2.24, 2.45) is 5.73 Å². The molecule has 3 aliphatic heterocycles. The van der Waals surface area contributed by atoms with E-state index in [2.05, 4.69) is 34.7 Å². The number of hydrogen-bond donors (Lipinski definition) is 3. The van der Waals surface area contributed by atoms with Gasteiger partial charge in [0.05, 0.1) is 11.6 Å². The smallest absolute Gasteiger partial charge is 0.320 e. The Morgan fingerprint density at radius 2 is 1.92 bits per heavy atom. The van der Waals surface area contributed by atoms with Gasteiger partial charge >= 0.3 is 6.03 Å². The van der Waals surface area contributed by atoms with Crippen LogP contribution in [0.1, 0.15) is 48.5 Å². The number of urea groups is 1.